The number of anilines is 2. The molecule has 0 radical (unpaired) electrons. The Morgan fingerprint density at radius 2 is 1.91 bits per heavy atom. The molecule has 1 aliphatic carbocycles. The zero-order valence-corrected chi connectivity index (χ0v) is 28.0. The maximum absolute atomic E-state index is 14.2. The molecule has 1 aromatic carbocycles. The molecule has 246 valence electrons. The van der Waals surface area contributed by atoms with Crippen LogP contribution in [0.3, 0.4) is 0 Å². The molecule has 2 atom stereocenters. The number of fused-ring (bicyclic) bond motifs is 1. The predicted octanol–water partition coefficient (Wildman–Crippen LogP) is 4.54. The average molecular weight is 649 g/mol. The van der Waals surface area contributed by atoms with Crippen molar-refractivity contribution in [2.45, 2.75) is 89.3 Å². The Morgan fingerprint density at radius 1 is 1.20 bits per heavy atom. The van der Waals surface area contributed by atoms with E-state index >= 15 is 0 Å². The third-order valence-electron chi connectivity index (χ3n) is 9.79. The fraction of sp³-hybridized carbons (Fsp3) is 0.500. The Balaban J connectivity index is 1.40. The largest absolute Gasteiger partial charge is 0.593 e. The number of pyridine rings is 2. The van der Waals surface area contributed by atoms with Crippen LogP contribution in [-0.4, -0.2) is 61.3 Å². The van der Waals surface area contributed by atoms with E-state index in [-0.39, 0.29) is 6.04 Å². The van der Waals surface area contributed by atoms with Crippen molar-refractivity contribution in [1.82, 2.24) is 14.3 Å². The number of rotatable bonds is 8. The first-order valence-electron chi connectivity index (χ1n) is 15.8. The molecule has 46 heavy (non-hydrogen) atoms. The van der Waals surface area contributed by atoms with Crippen LogP contribution in [-0.2, 0) is 27.4 Å². The summed E-state index contributed by atoms with van der Waals surface area (Å²) in [6.07, 6.45) is 6.83. The van der Waals surface area contributed by atoms with Crippen molar-refractivity contribution >= 4 is 28.7 Å². The highest BCUT2D eigenvalue weighted by Gasteiger charge is 2.46. The van der Waals surface area contributed by atoms with Gasteiger partial charge in [-0.2, -0.15) is 0 Å². The van der Waals surface area contributed by atoms with E-state index in [1.54, 1.807) is 31.3 Å². The van der Waals surface area contributed by atoms with Gasteiger partial charge < -0.3 is 29.9 Å². The number of hydrogen-bond acceptors (Lipinski definition) is 10. The molecular formula is C34H44N6O5S. The predicted molar refractivity (Wildman–Crippen MR) is 177 cm³/mol. The second kappa shape index (κ2) is 12.3. The number of nitrogen functional groups attached to an aromatic ring is 1. The summed E-state index contributed by atoms with van der Waals surface area (Å²) in [5.74, 6) is 5.26. The van der Waals surface area contributed by atoms with E-state index in [0.29, 0.717) is 55.6 Å². The standard InChI is InChI=1S/C34H44N6O5S/c1-20-14-28-31(38-16-20)45-34(10-12-44-13-11-34)19-39(46(28)43)18-24-15-23(17-37-22(24)3)29(33(4,5)32(41)42)26-8-9-27(30(35)21(26)2)40(36)25-6-7-25/h8-9,14-17,25,29H,6-7,10-13,18-19,35-36H2,1-5H3,(H,41,42). The molecule has 12 heteroatoms. The molecule has 1 saturated heterocycles. The zero-order valence-electron chi connectivity index (χ0n) is 27.2. The van der Waals surface area contributed by atoms with Gasteiger partial charge in [0.05, 0.1) is 54.5 Å². The van der Waals surface area contributed by atoms with Gasteiger partial charge in [-0.15, -0.1) is 4.31 Å². The summed E-state index contributed by atoms with van der Waals surface area (Å²) in [5.41, 5.74) is 11.0. The van der Waals surface area contributed by atoms with E-state index in [0.717, 1.165) is 52.0 Å². The number of hydrogen-bond donors (Lipinski definition) is 3. The van der Waals surface area contributed by atoms with E-state index in [4.69, 9.17) is 26.0 Å². The van der Waals surface area contributed by atoms with Gasteiger partial charge in [-0.1, -0.05) is 12.1 Å². The number of carboxylic acids is 1. The summed E-state index contributed by atoms with van der Waals surface area (Å²) >= 11 is -1.56. The van der Waals surface area contributed by atoms with Crippen molar-refractivity contribution in [2.24, 2.45) is 11.3 Å². The number of carboxylic acid groups (broad SMARTS) is 1. The van der Waals surface area contributed by atoms with Crippen molar-refractivity contribution in [2.75, 3.05) is 30.5 Å². The summed E-state index contributed by atoms with van der Waals surface area (Å²) in [5, 5.41) is 12.2. The van der Waals surface area contributed by atoms with E-state index in [9.17, 15) is 14.5 Å². The molecular weight excluding hydrogens is 604 g/mol. The molecule has 6 rings (SSSR count). The van der Waals surface area contributed by atoms with Crippen molar-refractivity contribution in [3.05, 3.63) is 70.2 Å². The van der Waals surface area contributed by atoms with Crippen LogP contribution in [0.15, 0.2) is 41.6 Å². The van der Waals surface area contributed by atoms with Crippen LogP contribution in [0.2, 0.25) is 0 Å². The Labute approximate surface area is 273 Å². The molecule has 2 aromatic heterocycles. The van der Waals surface area contributed by atoms with Crippen LogP contribution < -0.4 is 21.3 Å². The van der Waals surface area contributed by atoms with E-state index in [2.05, 4.69) is 4.98 Å². The molecule has 11 nitrogen and oxygen atoms in total. The highest BCUT2D eigenvalue weighted by molar-refractivity contribution is 7.89. The Kier molecular flexibility index (Phi) is 8.70. The number of aromatic nitrogens is 2. The molecule has 1 spiro atoms. The first-order valence-corrected chi connectivity index (χ1v) is 16.9. The summed E-state index contributed by atoms with van der Waals surface area (Å²) in [4.78, 5) is 22.6. The van der Waals surface area contributed by atoms with Gasteiger partial charge in [0.2, 0.25) is 4.90 Å². The first-order chi connectivity index (χ1) is 21.8. The lowest BCUT2D eigenvalue weighted by atomic mass is 9.70. The van der Waals surface area contributed by atoms with Gasteiger partial charge in [-0.25, -0.2) is 10.8 Å². The number of hydrazine groups is 1. The summed E-state index contributed by atoms with van der Waals surface area (Å²) in [7, 11) is 0. The van der Waals surface area contributed by atoms with Crippen molar-refractivity contribution in [3.8, 4) is 5.88 Å². The Hall–Kier alpha value is -3.42. The number of nitrogens with zero attached hydrogens (tertiary/aromatic N) is 4. The quantitative estimate of drug-likeness (QED) is 0.136. The second-order valence-electron chi connectivity index (χ2n) is 13.6. The van der Waals surface area contributed by atoms with Gasteiger partial charge in [-0.3, -0.25) is 9.78 Å². The van der Waals surface area contributed by atoms with Crippen molar-refractivity contribution in [3.63, 3.8) is 0 Å². The maximum atomic E-state index is 14.2. The van der Waals surface area contributed by atoms with Gasteiger partial charge in [-0.05, 0) is 81.3 Å². The average Bonchev–Trinajstić information content (AvgIpc) is 3.87. The monoisotopic (exact) mass is 648 g/mol. The molecule has 5 N–H and O–H groups in total. The number of ether oxygens (including phenoxy) is 2. The van der Waals surface area contributed by atoms with Crippen LogP contribution in [0.1, 0.15) is 79.0 Å². The minimum absolute atomic E-state index is 0.268. The third-order valence-corrected chi connectivity index (χ3v) is 11.2. The molecule has 3 aliphatic rings. The van der Waals surface area contributed by atoms with Gasteiger partial charge in [0.1, 0.15) is 5.60 Å². The smallest absolute Gasteiger partial charge is 0.310 e. The van der Waals surface area contributed by atoms with Crippen LogP contribution in [0, 0.1) is 26.2 Å². The van der Waals surface area contributed by atoms with E-state index in [1.165, 1.54) is 0 Å². The molecule has 2 unspecified atom stereocenters. The minimum atomic E-state index is -1.56. The molecule has 4 heterocycles. The van der Waals surface area contributed by atoms with Crippen molar-refractivity contribution < 1.29 is 23.9 Å². The SMILES string of the molecule is Cc1cnc2c(c1)[S+]([O-])N(Cc1cc(C(c3ccc(N(N)C4CC4)c(N)c3C)C(C)(C)C(=O)O)cnc1C)CC1(CCOCC1)O2. The van der Waals surface area contributed by atoms with Crippen LogP contribution in [0.25, 0.3) is 0 Å². The lowest BCUT2D eigenvalue weighted by Gasteiger charge is -2.37. The lowest BCUT2D eigenvalue weighted by Crippen LogP contribution is -2.50. The molecule has 0 bridgehead atoms. The number of benzene rings is 1. The van der Waals surface area contributed by atoms with Gasteiger partial charge in [0.25, 0.3) is 5.88 Å². The fourth-order valence-corrected chi connectivity index (χ4v) is 8.06. The Morgan fingerprint density at radius 3 is 2.59 bits per heavy atom. The van der Waals surface area contributed by atoms with Gasteiger partial charge in [0.15, 0.2) is 0 Å². The molecule has 2 fully saturated rings. The summed E-state index contributed by atoms with van der Waals surface area (Å²) in [6, 6.07) is 7.99. The van der Waals surface area contributed by atoms with E-state index < -0.39 is 34.3 Å². The Bertz CT molecular complexity index is 1640. The molecule has 0 amide bonds. The van der Waals surface area contributed by atoms with Gasteiger partial charge in [0, 0.05) is 49.0 Å². The van der Waals surface area contributed by atoms with Crippen LogP contribution in [0.4, 0.5) is 11.4 Å². The summed E-state index contributed by atoms with van der Waals surface area (Å²) in [6.45, 7) is 11.1. The van der Waals surface area contributed by atoms with Crippen molar-refractivity contribution in [1.29, 1.82) is 0 Å². The van der Waals surface area contributed by atoms with E-state index in [1.807, 2.05) is 49.3 Å². The highest BCUT2D eigenvalue weighted by atomic mass is 32.2. The lowest BCUT2D eigenvalue weighted by molar-refractivity contribution is -0.147. The maximum Gasteiger partial charge on any atom is 0.310 e. The molecule has 3 aromatic rings. The third kappa shape index (κ3) is 6.04. The van der Waals surface area contributed by atoms with Crippen LogP contribution in [0.5, 0.6) is 5.88 Å². The number of nitrogens with two attached hydrogens (primary N) is 2. The number of aryl methyl sites for hydroxylation is 2. The molecule has 1 saturated carbocycles. The summed E-state index contributed by atoms with van der Waals surface area (Å²) < 4.78 is 28.3. The van der Waals surface area contributed by atoms with Gasteiger partial charge >= 0.3 is 5.97 Å². The normalized spacial score (nSPS) is 20.5. The fourth-order valence-electron chi connectivity index (χ4n) is 6.64. The second-order valence-corrected chi connectivity index (χ2v) is 15.0. The topological polar surface area (TPSA) is 163 Å². The molecule has 2 aliphatic heterocycles. The minimum Gasteiger partial charge on any atom is -0.593 e. The zero-order chi connectivity index (χ0) is 33.0. The number of aliphatic carboxylic acids is 1. The number of carbonyl (C=O) groups is 1. The van der Waals surface area contributed by atoms with Crippen LogP contribution >= 0.6 is 0 Å². The highest BCUT2D eigenvalue weighted by Crippen LogP contribution is 2.46. The first kappa shape index (κ1) is 32.5.